The molecule has 6 heterocycles. The molecule has 1 N–H and O–H groups in total. The summed E-state index contributed by atoms with van der Waals surface area (Å²) in [4.78, 5) is 42.4. The van der Waals surface area contributed by atoms with E-state index in [1.165, 1.54) is 11.9 Å². The fourth-order valence-corrected chi connectivity index (χ4v) is 5.67. The van der Waals surface area contributed by atoms with Crippen LogP contribution in [0.15, 0.2) is 24.3 Å². The molecule has 3 aromatic rings. The highest BCUT2D eigenvalue weighted by molar-refractivity contribution is 6.10. The van der Waals surface area contributed by atoms with E-state index in [0.717, 1.165) is 50.4 Å². The van der Waals surface area contributed by atoms with E-state index in [4.69, 9.17) is 9.97 Å². The van der Waals surface area contributed by atoms with Gasteiger partial charge in [0.2, 0.25) is 0 Å². The first kappa shape index (κ1) is 25.2. The summed E-state index contributed by atoms with van der Waals surface area (Å²) in [5.74, 6) is 2.69. The largest absolute Gasteiger partial charge is 0.465 e. The zero-order valence-corrected chi connectivity index (χ0v) is 22.8. The molecule has 3 aliphatic heterocycles. The Kier molecular flexibility index (Phi) is 6.01. The molecular formula is C27H33N9O3. The number of rotatable bonds is 5. The maximum Gasteiger partial charge on any atom is 0.407 e. The lowest BCUT2D eigenvalue weighted by Gasteiger charge is -2.33. The van der Waals surface area contributed by atoms with Crippen molar-refractivity contribution in [1.82, 2.24) is 34.5 Å². The standard InChI is InChI=1S/C27H33N9O3/c1-27(2)9-8-22-30-31-24(36(22)27)19-6-5-7-21(28-19)35-15-18-17(25(35)37)14-23(34-12-10-32(3)11-13-34)29-20(18)16-33(4)26(38)39/h5-7,14H,8-13,15-16H2,1-4H3,(H,38,39). The van der Waals surface area contributed by atoms with Gasteiger partial charge in [-0.05, 0) is 45.5 Å². The number of aromatic nitrogens is 5. The number of hydrogen-bond donors (Lipinski definition) is 1. The molecule has 1 fully saturated rings. The van der Waals surface area contributed by atoms with Crippen molar-refractivity contribution >= 4 is 23.6 Å². The number of hydrogen-bond acceptors (Lipinski definition) is 8. The molecule has 0 spiro atoms. The van der Waals surface area contributed by atoms with Crippen LogP contribution in [-0.2, 0) is 25.0 Å². The molecule has 0 saturated carbocycles. The number of likely N-dealkylation sites (N-methyl/N-ethyl adjacent to an activating group) is 1. The lowest BCUT2D eigenvalue weighted by atomic mass is 10.0. The Morgan fingerprint density at radius 2 is 1.87 bits per heavy atom. The minimum atomic E-state index is -1.05. The van der Waals surface area contributed by atoms with E-state index in [-0.39, 0.29) is 24.5 Å². The summed E-state index contributed by atoms with van der Waals surface area (Å²) in [6.45, 7) is 8.06. The second-order valence-corrected chi connectivity index (χ2v) is 11.2. The number of amides is 2. The number of aryl methyl sites for hydroxylation is 1. The lowest BCUT2D eigenvalue weighted by Crippen LogP contribution is -2.45. The molecule has 0 bridgehead atoms. The van der Waals surface area contributed by atoms with Crippen LogP contribution in [-0.4, -0.2) is 91.9 Å². The van der Waals surface area contributed by atoms with Crippen molar-refractivity contribution in [2.45, 2.75) is 45.3 Å². The van der Waals surface area contributed by atoms with E-state index in [1.54, 1.807) is 4.90 Å². The molecule has 204 valence electrons. The number of piperazine rings is 1. The molecule has 12 heteroatoms. The van der Waals surface area contributed by atoms with E-state index >= 15 is 0 Å². The number of carboxylic acid groups (broad SMARTS) is 1. The van der Waals surface area contributed by atoms with Crippen LogP contribution in [0, 0.1) is 0 Å². The molecule has 0 atom stereocenters. The maximum absolute atomic E-state index is 13.8. The first-order valence-corrected chi connectivity index (χ1v) is 13.3. The predicted octanol–water partition coefficient (Wildman–Crippen LogP) is 2.44. The Balaban J connectivity index is 1.36. The Morgan fingerprint density at radius 3 is 2.62 bits per heavy atom. The van der Waals surface area contributed by atoms with E-state index < -0.39 is 6.09 Å². The lowest BCUT2D eigenvalue weighted by molar-refractivity contribution is 0.0995. The van der Waals surface area contributed by atoms with Crippen molar-refractivity contribution < 1.29 is 14.7 Å². The van der Waals surface area contributed by atoms with E-state index in [0.29, 0.717) is 34.4 Å². The van der Waals surface area contributed by atoms with Crippen LogP contribution < -0.4 is 9.80 Å². The average Bonchev–Trinajstić information content (AvgIpc) is 3.58. The minimum absolute atomic E-state index is 0.0921. The highest BCUT2D eigenvalue weighted by atomic mass is 16.4. The monoisotopic (exact) mass is 531 g/mol. The summed E-state index contributed by atoms with van der Waals surface area (Å²) in [5, 5.41) is 18.3. The minimum Gasteiger partial charge on any atom is -0.465 e. The van der Waals surface area contributed by atoms with E-state index in [9.17, 15) is 14.7 Å². The maximum atomic E-state index is 13.8. The number of carbonyl (C=O) groups is 2. The summed E-state index contributed by atoms with van der Waals surface area (Å²) in [6, 6.07) is 7.44. The van der Waals surface area contributed by atoms with Crippen LogP contribution in [0.3, 0.4) is 0 Å². The number of carbonyl (C=O) groups excluding carboxylic acids is 1. The van der Waals surface area contributed by atoms with Crippen molar-refractivity contribution in [2.24, 2.45) is 0 Å². The van der Waals surface area contributed by atoms with Gasteiger partial charge in [0, 0.05) is 50.7 Å². The highest BCUT2D eigenvalue weighted by Gasteiger charge is 2.36. The molecule has 12 nitrogen and oxygen atoms in total. The Labute approximate surface area is 226 Å². The van der Waals surface area contributed by atoms with Crippen molar-refractivity contribution in [3.8, 4) is 11.5 Å². The van der Waals surface area contributed by atoms with Crippen molar-refractivity contribution in [1.29, 1.82) is 0 Å². The topological polar surface area (TPSA) is 124 Å². The molecule has 0 aromatic carbocycles. The molecule has 3 aromatic heterocycles. The second kappa shape index (κ2) is 9.30. The smallest absolute Gasteiger partial charge is 0.407 e. The fourth-order valence-electron chi connectivity index (χ4n) is 5.67. The van der Waals surface area contributed by atoms with Crippen LogP contribution in [0.5, 0.6) is 0 Å². The second-order valence-electron chi connectivity index (χ2n) is 11.2. The summed E-state index contributed by atoms with van der Waals surface area (Å²) in [7, 11) is 3.59. The van der Waals surface area contributed by atoms with Gasteiger partial charge in [-0.3, -0.25) is 9.69 Å². The summed E-state index contributed by atoms with van der Waals surface area (Å²) in [6.07, 6.45) is 0.811. The van der Waals surface area contributed by atoms with Gasteiger partial charge < -0.3 is 24.4 Å². The predicted molar refractivity (Wildman–Crippen MR) is 145 cm³/mol. The van der Waals surface area contributed by atoms with Gasteiger partial charge in [0.15, 0.2) is 5.82 Å². The van der Waals surface area contributed by atoms with Gasteiger partial charge >= 0.3 is 6.09 Å². The van der Waals surface area contributed by atoms with Gasteiger partial charge in [0.1, 0.15) is 23.2 Å². The molecule has 0 unspecified atom stereocenters. The zero-order valence-electron chi connectivity index (χ0n) is 22.8. The first-order valence-electron chi connectivity index (χ1n) is 13.3. The number of nitrogens with zero attached hydrogens (tertiary/aromatic N) is 9. The zero-order chi connectivity index (χ0) is 27.5. The van der Waals surface area contributed by atoms with Gasteiger partial charge in [-0.1, -0.05) is 6.07 Å². The number of pyridine rings is 2. The Hall–Kier alpha value is -4.06. The number of fused-ring (bicyclic) bond motifs is 2. The number of anilines is 2. The van der Waals surface area contributed by atoms with Crippen LogP contribution in [0.4, 0.5) is 16.4 Å². The van der Waals surface area contributed by atoms with Crippen LogP contribution in [0.2, 0.25) is 0 Å². The van der Waals surface area contributed by atoms with Gasteiger partial charge in [-0.2, -0.15) is 0 Å². The molecule has 3 aliphatic rings. The van der Waals surface area contributed by atoms with Gasteiger partial charge in [-0.15, -0.1) is 10.2 Å². The summed E-state index contributed by atoms with van der Waals surface area (Å²) >= 11 is 0. The van der Waals surface area contributed by atoms with Crippen molar-refractivity contribution in [3.63, 3.8) is 0 Å². The van der Waals surface area contributed by atoms with Crippen LogP contribution >= 0.6 is 0 Å². The van der Waals surface area contributed by atoms with Crippen molar-refractivity contribution in [2.75, 3.05) is 50.1 Å². The van der Waals surface area contributed by atoms with E-state index in [1.807, 2.05) is 24.3 Å². The first-order chi connectivity index (χ1) is 18.6. The Bertz CT molecular complexity index is 1460. The molecule has 1 saturated heterocycles. The molecule has 39 heavy (non-hydrogen) atoms. The summed E-state index contributed by atoms with van der Waals surface area (Å²) in [5.41, 5.74) is 2.43. The molecule has 2 amide bonds. The third-order valence-electron chi connectivity index (χ3n) is 8.06. The summed E-state index contributed by atoms with van der Waals surface area (Å²) < 4.78 is 2.14. The van der Waals surface area contributed by atoms with Crippen LogP contribution in [0.25, 0.3) is 11.5 Å². The quantitative estimate of drug-likeness (QED) is 0.529. The third kappa shape index (κ3) is 4.38. The van der Waals surface area contributed by atoms with Gasteiger partial charge in [0.25, 0.3) is 5.91 Å². The fraction of sp³-hybridized carbons (Fsp3) is 0.481. The normalized spacial score (nSPS) is 18.4. The Morgan fingerprint density at radius 1 is 1.10 bits per heavy atom. The van der Waals surface area contributed by atoms with Crippen LogP contribution in [0.1, 0.15) is 47.7 Å². The van der Waals surface area contributed by atoms with E-state index in [2.05, 4.69) is 45.5 Å². The average molecular weight is 532 g/mol. The molecular weight excluding hydrogens is 498 g/mol. The molecule has 6 rings (SSSR count). The van der Waals surface area contributed by atoms with Gasteiger partial charge in [0.05, 0.1) is 24.3 Å². The van der Waals surface area contributed by atoms with Crippen molar-refractivity contribution in [3.05, 3.63) is 46.9 Å². The SMILES string of the molecule is CN1CCN(c2cc3c(c(CN(C)C(=O)O)n2)CN(c2cccc(-c4nnc5n4C(C)(C)CC5)n2)C3=O)CC1. The molecule has 0 radical (unpaired) electrons. The third-order valence-corrected chi connectivity index (χ3v) is 8.06. The van der Waals surface area contributed by atoms with Gasteiger partial charge in [-0.25, -0.2) is 14.8 Å². The highest BCUT2D eigenvalue weighted by Crippen LogP contribution is 2.36. The molecule has 0 aliphatic carbocycles.